The van der Waals surface area contributed by atoms with Crippen molar-refractivity contribution in [3.05, 3.63) is 46.6 Å². The zero-order valence-corrected chi connectivity index (χ0v) is 17.2. The van der Waals surface area contributed by atoms with Gasteiger partial charge < -0.3 is 23.4 Å². The molecular formula is C23H26O6. The number of benzene rings is 2. The highest BCUT2D eigenvalue weighted by Crippen LogP contribution is 2.37. The standard InChI is InChI=1S/C23H26O6/c1-5-25-16-11-9-15(10-12-16)22-23(28-8-4)21(24)20-18(27-7-3)13-17(26-6-2)14-19(20)29-22/h9-14H,5-8H2,1-4H3. The van der Waals surface area contributed by atoms with Crippen LogP contribution in [0.15, 0.2) is 45.6 Å². The van der Waals surface area contributed by atoms with Crippen LogP contribution in [0, 0.1) is 0 Å². The minimum atomic E-state index is -0.275. The summed E-state index contributed by atoms with van der Waals surface area (Å²) in [4.78, 5) is 13.3. The van der Waals surface area contributed by atoms with Crippen LogP contribution in [-0.2, 0) is 0 Å². The van der Waals surface area contributed by atoms with Crippen molar-refractivity contribution in [2.45, 2.75) is 27.7 Å². The molecule has 154 valence electrons. The molecule has 2 aromatic carbocycles. The van der Waals surface area contributed by atoms with Crippen LogP contribution in [0.3, 0.4) is 0 Å². The summed E-state index contributed by atoms with van der Waals surface area (Å²) in [7, 11) is 0. The number of hydrogen-bond donors (Lipinski definition) is 0. The lowest BCUT2D eigenvalue weighted by Gasteiger charge is -2.14. The van der Waals surface area contributed by atoms with E-state index in [-0.39, 0.29) is 11.2 Å². The average Bonchev–Trinajstić information content (AvgIpc) is 2.71. The predicted octanol–water partition coefficient (Wildman–Crippen LogP) is 5.05. The first-order valence-electron chi connectivity index (χ1n) is 9.89. The largest absolute Gasteiger partial charge is 0.494 e. The lowest BCUT2D eigenvalue weighted by atomic mass is 10.1. The number of hydrogen-bond acceptors (Lipinski definition) is 6. The summed E-state index contributed by atoms with van der Waals surface area (Å²) < 4.78 is 28.7. The van der Waals surface area contributed by atoms with Crippen LogP contribution in [0.1, 0.15) is 27.7 Å². The summed E-state index contributed by atoms with van der Waals surface area (Å²) in [6.45, 7) is 9.32. The van der Waals surface area contributed by atoms with Gasteiger partial charge in [0, 0.05) is 17.7 Å². The molecule has 0 N–H and O–H groups in total. The van der Waals surface area contributed by atoms with Crippen molar-refractivity contribution in [2.75, 3.05) is 26.4 Å². The highest BCUT2D eigenvalue weighted by molar-refractivity contribution is 5.88. The summed E-state index contributed by atoms with van der Waals surface area (Å²) in [6, 6.07) is 10.8. The van der Waals surface area contributed by atoms with Crippen LogP contribution >= 0.6 is 0 Å². The van der Waals surface area contributed by atoms with E-state index >= 15 is 0 Å². The maximum absolute atomic E-state index is 13.3. The van der Waals surface area contributed by atoms with Crippen LogP contribution in [0.5, 0.6) is 23.0 Å². The van der Waals surface area contributed by atoms with Crippen molar-refractivity contribution in [1.82, 2.24) is 0 Å². The normalized spacial score (nSPS) is 10.8. The topological polar surface area (TPSA) is 67.1 Å². The van der Waals surface area contributed by atoms with Crippen molar-refractivity contribution in [1.29, 1.82) is 0 Å². The molecule has 0 spiro atoms. The first-order valence-corrected chi connectivity index (χ1v) is 9.89. The maximum atomic E-state index is 13.3. The molecule has 0 amide bonds. The molecule has 3 rings (SSSR count). The van der Waals surface area contributed by atoms with E-state index in [1.807, 2.05) is 52.0 Å². The summed E-state index contributed by atoms with van der Waals surface area (Å²) in [5, 5.41) is 0.341. The Hall–Kier alpha value is -3.15. The van der Waals surface area contributed by atoms with Gasteiger partial charge in [-0.2, -0.15) is 0 Å². The van der Waals surface area contributed by atoms with Crippen LogP contribution in [0.25, 0.3) is 22.3 Å². The molecule has 0 radical (unpaired) electrons. The summed E-state index contributed by atoms with van der Waals surface area (Å²) in [5.74, 6) is 2.27. The van der Waals surface area contributed by atoms with Crippen LogP contribution in [-0.4, -0.2) is 26.4 Å². The molecule has 0 bridgehead atoms. The molecule has 1 heterocycles. The molecule has 0 unspecified atom stereocenters. The van der Waals surface area contributed by atoms with Gasteiger partial charge in [0.25, 0.3) is 0 Å². The Morgan fingerprint density at radius 2 is 1.38 bits per heavy atom. The molecule has 29 heavy (non-hydrogen) atoms. The second-order valence-electron chi connectivity index (χ2n) is 6.14. The van der Waals surface area contributed by atoms with Gasteiger partial charge in [0.1, 0.15) is 28.2 Å². The SMILES string of the molecule is CCOc1ccc(-c2oc3cc(OCC)cc(OCC)c3c(=O)c2OCC)cc1. The fourth-order valence-corrected chi connectivity index (χ4v) is 3.10. The maximum Gasteiger partial charge on any atom is 0.239 e. The van der Waals surface area contributed by atoms with Gasteiger partial charge in [-0.15, -0.1) is 0 Å². The van der Waals surface area contributed by atoms with E-state index in [0.29, 0.717) is 54.7 Å². The zero-order chi connectivity index (χ0) is 20.8. The Labute approximate surface area is 170 Å². The van der Waals surface area contributed by atoms with E-state index < -0.39 is 0 Å². The van der Waals surface area contributed by atoms with Gasteiger partial charge >= 0.3 is 0 Å². The third kappa shape index (κ3) is 4.31. The molecule has 0 saturated carbocycles. The fraction of sp³-hybridized carbons (Fsp3) is 0.348. The summed E-state index contributed by atoms with van der Waals surface area (Å²) >= 11 is 0. The molecule has 0 atom stereocenters. The zero-order valence-electron chi connectivity index (χ0n) is 17.2. The van der Waals surface area contributed by atoms with Crippen molar-refractivity contribution in [3.63, 3.8) is 0 Å². The van der Waals surface area contributed by atoms with E-state index in [4.69, 9.17) is 23.4 Å². The van der Waals surface area contributed by atoms with Gasteiger partial charge in [-0.1, -0.05) is 0 Å². The van der Waals surface area contributed by atoms with Gasteiger partial charge in [-0.25, -0.2) is 0 Å². The first kappa shape index (κ1) is 20.6. The van der Waals surface area contributed by atoms with Gasteiger partial charge in [-0.05, 0) is 52.0 Å². The molecule has 0 saturated heterocycles. The van der Waals surface area contributed by atoms with Crippen molar-refractivity contribution in [3.8, 4) is 34.3 Å². The highest BCUT2D eigenvalue weighted by atomic mass is 16.5. The third-order valence-corrected chi connectivity index (χ3v) is 4.22. The molecule has 6 heteroatoms. The van der Waals surface area contributed by atoms with Crippen LogP contribution in [0.4, 0.5) is 0 Å². The second kappa shape index (κ2) is 9.37. The molecule has 0 aliphatic rings. The highest BCUT2D eigenvalue weighted by Gasteiger charge is 2.21. The average molecular weight is 398 g/mol. The molecule has 6 nitrogen and oxygen atoms in total. The molecular weight excluding hydrogens is 372 g/mol. The van der Waals surface area contributed by atoms with Crippen LogP contribution < -0.4 is 24.4 Å². The van der Waals surface area contributed by atoms with E-state index in [2.05, 4.69) is 0 Å². The Bertz CT molecular complexity index is 1020. The van der Waals surface area contributed by atoms with Crippen LogP contribution in [0.2, 0.25) is 0 Å². The second-order valence-corrected chi connectivity index (χ2v) is 6.14. The minimum absolute atomic E-state index is 0.161. The van der Waals surface area contributed by atoms with Gasteiger partial charge in [-0.3, -0.25) is 4.79 Å². The number of ether oxygens (including phenoxy) is 4. The van der Waals surface area contributed by atoms with E-state index in [9.17, 15) is 4.79 Å². The Kier molecular flexibility index (Phi) is 6.65. The first-order chi connectivity index (χ1) is 14.1. The van der Waals surface area contributed by atoms with Crippen molar-refractivity contribution < 1.29 is 23.4 Å². The van der Waals surface area contributed by atoms with Gasteiger partial charge in [0.15, 0.2) is 5.76 Å². The summed E-state index contributed by atoms with van der Waals surface area (Å²) in [6.07, 6.45) is 0. The predicted molar refractivity (Wildman–Crippen MR) is 113 cm³/mol. The molecule has 1 aromatic heterocycles. The van der Waals surface area contributed by atoms with Crippen molar-refractivity contribution >= 4 is 11.0 Å². The van der Waals surface area contributed by atoms with Gasteiger partial charge in [0.05, 0.1) is 26.4 Å². The fourth-order valence-electron chi connectivity index (χ4n) is 3.10. The lowest BCUT2D eigenvalue weighted by Crippen LogP contribution is -2.11. The molecule has 0 aliphatic carbocycles. The number of fused-ring (bicyclic) bond motifs is 1. The monoisotopic (exact) mass is 398 g/mol. The molecule has 0 aliphatic heterocycles. The number of rotatable bonds is 9. The molecule has 3 aromatic rings. The van der Waals surface area contributed by atoms with E-state index in [0.717, 1.165) is 11.3 Å². The smallest absolute Gasteiger partial charge is 0.239 e. The quantitative estimate of drug-likeness (QED) is 0.502. The third-order valence-electron chi connectivity index (χ3n) is 4.22. The van der Waals surface area contributed by atoms with Gasteiger partial charge in [0.2, 0.25) is 11.2 Å². The minimum Gasteiger partial charge on any atom is -0.494 e. The summed E-state index contributed by atoms with van der Waals surface area (Å²) in [5.41, 5.74) is 0.830. The molecule has 0 fully saturated rings. The van der Waals surface area contributed by atoms with E-state index in [1.54, 1.807) is 12.1 Å². The van der Waals surface area contributed by atoms with E-state index in [1.165, 1.54) is 0 Å². The Balaban J connectivity index is 2.25. The Morgan fingerprint density at radius 3 is 2.00 bits per heavy atom. The Morgan fingerprint density at radius 1 is 0.759 bits per heavy atom. The lowest BCUT2D eigenvalue weighted by molar-refractivity contribution is 0.320. The van der Waals surface area contributed by atoms with Crippen molar-refractivity contribution in [2.24, 2.45) is 0 Å².